The maximum absolute atomic E-state index is 10.4. The Morgan fingerprint density at radius 1 is 1.40 bits per heavy atom. The molecule has 0 aromatic rings. The molecular weight excluding hydrogens is 130 g/mol. The van der Waals surface area contributed by atoms with Gasteiger partial charge in [0.2, 0.25) is 0 Å². The van der Waals surface area contributed by atoms with Crippen LogP contribution in [-0.4, -0.2) is 35.1 Å². The molecule has 0 heterocycles. The Hall–Kier alpha value is -0.570. The molecule has 1 atom stereocenters. The molecule has 0 aliphatic rings. The van der Waals surface area contributed by atoms with Gasteiger partial charge in [0.1, 0.15) is 6.04 Å². The molecule has 0 rings (SSSR count). The second-order valence-electron chi connectivity index (χ2n) is 2.77. The van der Waals surface area contributed by atoms with Crippen molar-refractivity contribution in [1.29, 1.82) is 0 Å². The first-order valence-corrected chi connectivity index (χ1v) is 3.41. The van der Waals surface area contributed by atoms with Crippen LogP contribution < -0.4 is 0 Å². The summed E-state index contributed by atoms with van der Waals surface area (Å²) in [5.74, 6) is -0.767. The van der Waals surface area contributed by atoms with Crippen LogP contribution in [0.5, 0.6) is 0 Å². The molecule has 3 nitrogen and oxygen atoms in total. The lowest BCUT2D eigenvalue weighted by Crippen LogP contribution is -2.40. The van der Waals surface area contributed by atoms with Crippen LogP contribution in [0.25, 0.3) is 0 Å². The molecule has 0 aromatic carbocycles. The van der Waals surface area contributed by atoms with Crippen LogP contribution in [-0.2, 0) is 4.79 Å². The fourth-order valence-corrected chi connectivity index (χ4v) is 0.621. The summed E-state index contributed by atoms with van der Waals surface area (Å²) >= 11 is 0. The van der Waals surface area contributed by atoms with Gasteiger partial charge in [0.15, 0.2) is 0 Å². The van der Waals surface area contributed by atoms with Crippen molar-refractivity contribution in [1.82, 2.24) is 4.90 Å². The van der Waals surface area contributed by atoms with E-state index in [1.807, 2.05) is 25.8 Å². The van der Waals surface area contributed by atoms with E-state index in [1.54, 1.807) is 6.92 Å². The zero-order valence-electron chi connectivity index (χ0n) is 6.96. The van der Waals surface area contributed by atoms with E-state index in [-0.39, 0.29) is 12.1 Å². The average Bonchev–Trinajstić information content (AvgIpc) is 1.84. The molecular formula is C7H15NO2. The van der Waals surface area contributed by atoms with Gasteiger partial charge in [0.25, 0.3) is 0 Å². The van der Waals surface area contributed by atoms with Crippen molar-refractivity contribution >= 4 is 5.97 Å². The van der Waals surface area contributed by atoms with Gasteiger partial charge in [-0.2, -0.15) is 0 Å². The average molecular weight is 145 g/mol. The molecule has 60 valence electrons. The third kappa shape index (κ3) is 2.35. The van der Waals surface area contributed by atoms with Gasteiger partial charge < -0.3 is 5.11 Å². The fourth-order valence-electron chi connectivity index (χ4n) is 0.621. The van der Waals surface area contributed by atoms with Gasteiger partial charge in [-0.05, 0) is 27.8 Å². The third-order valence-electron chi connectivity index (χ3n) is 1.78. The Kier molecular flexibility index (Phi) is 3.36. The van der Waals surface area contributed by atoms with Crippen molar-refractivity contribution in [3.8, 4) is 0 Å². The van der Waals surface area contributed by atoms with E-state index in [0.717, 1.165) is 0 Å². The van der Waals surface area contributed by atoms with Crippen molar-refractivity contribution in [2.75, 3.05) is 7.05 Å². The molecule has 1 unspecified atom stereocenters. The smallest absolute Gasteiger partial charge is 0.320 e. The number of aliphatic carboxylic acids is 1. The van der Waals surface area contributed by atoms with Gasteiger partial charge in [-0.25, -0.2) is 0 Å². The molecule has 0 saturated heterocycles. The largest absolute Gasteiger partial charge is 0.480 e. The number of carboxylic acids is 1. The third-order valence-corrected chi connectivity index (χ3v) is 1.78. The molecule has 10 heavy (non-hydrogen) atoms. The van der Waals surface area contributed by atoms with Crippen molar-refractivity contribution < 1.29 is 9.90 Å². The molecule has 3 heteroatoms. The molecule has 0 aromatic heterocycles. The molecule has 0 radical (unpaired) electrons. The van der Waals surface area contributed by atoms with Crippen molar-refractivity contribution in [3.05, 3.63) is 0 Å². The second-order valence-corrected chi connectivity index (χ2v) is 2.77. The molecule has 0 saturated carbocycles. The van der Waals surface area contributed by atoms with Crippen molar-refractivity contribution in [2.45, 2.75) is 32.9 Å². The second kappa shape index (κ2) is 3.56. The van der Waals surface area contributed by atoms with E-state index < -0.39 is 5.97 Å². The van der Waals surface area contributed by atoms with E-state index >= 15 is 0 Å². The Balaban J connectivity index is 3.94. The number of hydrogen-bond acceptors (Lipinski definition) is 2. The maximum atomic E-state index is 10.4. The SMILES string of the molecule is CC(C)N(C)C(C)C(=O)O. The number of rotatable bonds is 3. The monoisotopic (exact) mass is 145 g/mol. The fraction of sp³-hybridized carbons (Fsp3) is 0.857. The first-order chi connectivity index (χ1) is 4.46. The van der Waals surface area contributed by atoms with E-state index in [0.29, 0.717) is 0 Å². The number of carbonyl (C=O) groups is 1. The Labute approximate surface area is 61.6 Å². The minimum atomic E-state index is -0.767. The first-order valence-electron chi connectivity index (χ1n) is 3.41. The highest BCUT2D eigenvalue weighted by Crippen LogP contribution is 2.00. The standard InChI is InChI=1S/C7H15NO2/c1-5(2)8(4)6(3)7(9)10/h5-6H,1-4H3,(H,9,10). The minimum absolute atomic E-state index is 0.283. The maximum Gasteiger partial charge on any atom is 0.320 e. The summed E-state index contributed by atoms with van der Waals surface area (Å²) < 4.78 is 0. The summed E-state index contributed by atoms with van der Waals surface area (Å²) in [4.78, 5) is 12.2. The Bertz CT molecular complexity index is 123. The molecule has 0 spiro atoms. The van der Waals surface area contributed by atoms with Crippen LogP contribution in [0.3, 0.4) is 0 Å². The van der Waals surface area contributed by atoms with E-state index in [2.05, 4.69) is 0 Å². The summed E-state index contributed by atoms with van der Waals surface area (Å²) in [5, 5.41) is 8.56. The van der Waals surface area contributed by atoms with E-state index in [4.69, 9.17) is 5.11 Å². The van der Waals surface area contributed by atoms with Crippen molar-refractivity contribution in [2.24, 2.45) is 0 Å². The minimum Gasteiger partial charge on any atom is -0.480 e. The highest BCUT2D eigenvalue weighted by atomic mass is 16.4. The topological polar surface area (TPSA) is 40.5 Å². The van der Waals surface area contributed by atoms with E-state index in [9.17, 15) is 4.79 Å². The zero-order chi connectivity index (χ0) is 8.31. The Morgan fingerprint density at radius 2 is 1.80 bits per heavy atom. The number of nitrogens with zero attached hydrogens (tertiary/aromatic N) is 1. The van der Waals surface area contributed by atoms with Crippen LogP contribution >= 0.6 is 0 Å². The lowest BCUT2D eigenvalue weighted by molar-refractivity contribution is -0.142. The summed E-state index contributed by atoms with van der Waals surface area (Å²) in [5.41, 5.74) is 0. The highest BCUT2D eigenvalue weighted by Gasteiger charge is 2.18. The molecule has 0 amide bonds. The molecule has 0 aliphatic heterocycles. The summed E-state index contributed by atoms with van der Waals surface area (Å²) in [6.45, 7) is 5.63. The lowest BCUT2D eigenvalue weighted by atomic mass is 10.2. The summed E-state index contributed by atoms with van der Waals surface area (Å²) in [7, 11) is 1.81. The van der Waals surface area contributed by atoms with Gasteiger partial charge in [-0.3, -0.25) is 9.69 Å². The normalized spacial score (nSPS) is 14.2. The van der Waals surface area contributed by atoms with Crippen LogP contribution in [0.4, 0.5) is 0 Å². The molecule has 1 N–H and O–H groups in total. The predicted molar refractivity (Wildman–Crippen MR) is 40.0 cm³/mol. The van der Waals surface area contributed by atoms with Gasteiger partial charge >= 0.3 is 5.97 Å². The van der Waals surface area contributed by atoms with Crippen LogP contribution in [0.2, 0.25) is 0 Å². The number of hydrogen-bond donors (Lipinski definition) is 1. The predicted octanol–water partition coefficient (Wildman–Crippen LogP) is 0.800. The molecule has 0 bridgehead atoms. The summed E-state index contributed by atoms with van der Waals surface area (Å²) in [6.07, 6.45) is 0. The molecule has 0 fully saturated rings. The van der Waals surface area contributed by atoms with Crippen molar-refractivity contribution in [3.63, 3.8) is 0 Å². The Morgan fingerprint density at radius 3 is 1.90 bits per heavy atom. The first kappa shape index (κ1) is 9.43. The van der Waals surface area contributed by atoms with Gasteiger partial charge in [-0.1, -0.05) is 0 Å². The van der Waals surface area contributed by atoms with Crippen LogP contribution in [0.15, 0.2) is 0 Å². The summed E-state index contributed by atoms with van der Waals surface area (Å²) in [6, 6.07) is -0.105. The van der Waals surface area contributed by atoms with Gasteiger partial charge in [-0.15, -0.1) is 0 Å². The van der Waals surface area contributed by atoms with Gasteiger partial charge in [0.05, 0.1) is 0 Å². The number of likely N-dealkylation sites (N-methyl/N-ethyl adjacent to an activating group) is 1. The zero-order valence-corrected chi connectivity index (χ0v) is 6.96. The lowest BCUT2D eigenvalue weighted by Gasteiger charge is -2.24. The number of carboxylic acid groups (broad SMARTS) is 1. The molecule has 0 aliphatic carbocycles. The highest BCUT2D eigenvalue weighted by molar-refractivity contribution is 5.72. The van der Waals surface area contributed by atoms with E-state index in [1.165, 1.54) is 0 Å². The quantitative estimate of drug-likeness (QED) is 0.638. The van der Waals surface area contributed by atoms with Crippen LogP contribution in [0.1, 0.15) is 20.8 Å². The van der Waals surface area contributed by atoms with Crippen LogP contribution in [0, 0.1) is 0 Å². The van der Waals surface area contributed by atoms with Gasteiger partial charge in [0, 0.05) is 6.04 Å².